The molecule has 0 aromatic carbocycles. The number of hydrogen-bond acceptors (Lipinski definition) is 7. The third-order valence-electron chi connectivity index (χ3n) is 5.97. The molecule has 1 atom stereocenters. The fourth-order valence-electron chi connectivity index (χ4n) is 4.23. The molecule has 0 bridgehead atoms. The van der Waals surface area contributed by atoms with E-state index in [9.17, 15) is 20.0 Å². The maximum Gasteiger partial charge on any atom is 0.407 e. The van der Waals surface area contributed by atoms with Crippen molar-refractivity contribution in [2.24, 2.45) is 0 Å². The van der Waals surface area contributed by atoms with Crippen LogP contribution < -0.4 is 10.6 Å². The van der Waals surface area contributed by atoms with Crippen LogP contribution in [0.1, 0.15) is 53.7 Å². The summed E-state index contributed by atoms with van der Waals surface area (Å²) in [5, 5.41) is 25.5. The summed E-state index contributed by atoms with van der Waals surface area (Å²) in [4.78, 5) is 29.7. The lowest BCUT2D eigenvalue weighted by Crippen LogP contribution is -2.41. The van der Waals surface area contributed by atoms with Crippen LogP contribution >= 0.6 is 11.3 Å². The van der Waals surface area contributed by atoms with Crippen LogP contribution in [0.5, 0.6) is 0 Å². The molecule has 0 saturated heterocycles. The Morgan fingerprint density at radius 2 is 2.09 bits per heavy atom. The molecule has 0 spiro atoms. The second-order valence-electron chi connectivity index (χ2n) is 8.35. The Hall–Kier alpha value is -3.22. The minimum atomic E-state index is -0.434. The summed E-state index contributed by atoms with van der Waals surface area (Å²) < 4.78 is 5.64. The van der Waals surface area contributed by atoms with Crippen LogP contribution in [0.3, 0.4) is 0 Å². The molecular formula is C24H26N4O4S. The number of thiophene rings is 1. The minimum Gasteiger partial charge on any atom is -0.446 e. The van der Waals surface area contributed by atoms with Gasteiger partial charge in [-0.25, -0.2) is 4.79 Å². The average molecular weight is 467 g/mol. The molecule has 1 fully saturated rings. The van der Waals surface area contributed by atoms with E-state index in [2.05, 4.69) is 21.7 Å². The Bertz CT molecular complexity index is 1070. The number of ether oxygens (including phenoxy) is 1. The van der Waals surface area contributed by atoms with E-state index in [4.69, 9.17) is 4.74 Å². The van der Waals surface area contributed by atoms with Gasteiger partial charge >= 0.3 is 6.09 Å². The molecule has 8 nitrogen and oxygen atoms in total. The maximum absolute atomic E-state index is 12.4. The van der Waals surface area contributed by atoms with Gasteiger partial charge in [0.1, 0.15) is 17.2 Å². The second-order valence-corrected chi connectivity index (χ2v) is 9.45. The zero-order valence-electron chi connectivity index (χ0n) is 18.1. The van der Waals surface area contributed by atoms with Crippen molar-refractivity contribution in [2.45, 2.75) is 63.2 Å². The Kier molecular flexibility index (Phi) is 7.37. The normalized spacial score (nSPS) is 22.2. The zero-order chi connectivity index (χ0) is 23.2. The highest BCUT2D eigenvalue weighted by Gasteiger charge is 2.29. The number of nitrogens with one attached hydrogen (secondary N) is 2. The van der Waals surface area contributed by atoms with E-state index < -0.39 is 6.09 Å². The van der Waals surface area contributed by atoms with Gasteiger partial charge in [-0.3, -0.25) is 9.78 Å². The predicted molar refractivity (Wildman–Crippen MR) is 125 cm³/mol. The number of aliphatic hydroxyl groups excluding tert-OH is 1. The smallest absolute Gasteiger partial charge is 0.407 e. The summed E-state index contributed by atoms with van der Waals surface area (Å²) in [6.07, 6.45) is 10.1. The lowest BCUT2D eigenvalue weighted by atomic mass is 9.93. The quantitative estimate of drug-likeness (QED) is 0.579. The lowest BCUT2D eigenvalue weighted by Gasteiger charge is -2.28. The Balaban J connectivity index is 1.35. The number of fused-ring (bicyclic) bond motifs is 1. The first-order valence-corrected chi connectivity index (χ1v) is 11.9. The predicted octanol–water partition coefficient (Wildman–Crippen LogP) is 3.55. The third-order valence-corrected chi connectivity index (χ3v) is 7.14. The Morgan fingerprint density at radius 1 is 1.27 bits per heavy atom. The average Bonchev–Trinajstić information content (AvgIpc) is 3.15. The molecule has 2 aromatic rings. The number of aliphatic hydroxyl groups is 1. The van der Waals surface area contributed by atoms with E-state index in [0.717, 1.165) is 28.8 Å². The fraction of sp³-hybridized carbons (Fsp3) is 0.417. The van der Waals surface area contributed by atoms with Crippen molar-refractivity contribution >= 4 is 34.4 Å². The van der Waals surface area contributed by atoms with Crippen molar-refractivity contribution in [2.75, 3.05) is 5.32 Å². The van der Waals surface area contributed by atoms with Gasteiger partial charge in [0.15, 0.2) is 0 Å². The molecule has 2 aromatic heterocycles. The highest BCUT2D eigenvalue weighted by molar-refractivity contribution is 7.16. The molecular weight excluding hydrogens is 440 g/mol. The number of nitrogens with zero attached hydrogens (tertiary/aromatic N) is 2. The highest BCUT2D eigenvalue weighted by atomic mass is 32.1. The van der Waals surface area contributed by atoms with E-state index in [-0.39, 0.29) is 24.2 Å². The van der Waals surface area contributed by atoms with Crippen LogP contribution in [-0.4, -0.2) is 40.3 Å². The minimum absolute atomic E-state index is 0.0357. The summed E-state index contributed by atoms with van der Waals surface area (Å²) in [5.74, 6) is -0.321. The standard InChI is InChI=1S/C24H26N4O4S/c25-13-20-19-9-8-18(32-24(31)27-16-4-6-17(29)7-5-16)12-21(19)33-23(20)28-22(30)10-3-15-2-1-11-26-14-15/h1-3,10-11,14,16-18,29H,4-9,12H2,(H,27,31)(H,28,30)/t16-,17+,18?. The first kappa shape index (κ1) is 23.0. The number of pyridine rings is 1. The Morgan fingerprint density at radius 3 is 2.82 bits per heavy atom. The van der Waals surface area contributed by atoms with Gasteiger partial charge in [0.05, 0.1) is 11.7 Å². The van der Waals surface area contributed by atoms with E-state index >= 15 is 0 Å². The number of rotatable bonds is 5. The number of carbonyl (C=O) groups excluding carboxylic acids is 2. The van der Waals surface area contributed by atoms with Crippen LogP contribution in [-0.2, 0) is 22.4 Å². The van der Waals surface area contributed by atoms with Crippen molar-refractivity contribution in [3.8, 4) is 6.07 Å². The largest absolute Gasteiger partial charge is 0.446 e. The lowest BCUT2D eigenvalue weighted by molar-refractivity contribution is -0.111. The molecule has 2 heterocycles. The van der Waals surface area contributed by atoms with Gasteiger partial charge < -0.3 is 20.5 Å². The molecule has 9 heteroatoms. The maximum atomic E-state index is 12.4. The van der Waals surface area contributed by atoms with E-state index in [0.29, 0.717) is 42.7 Å². The van der Waals surface area contributed by atoms with Gasteiger partial charge in [0, 0.05) is 35.8 Å². The molecule has 0 aliphatic heterocycles. The second kappa shape index (κ2) is 10.6. The fourth-order valence-corrected chi connectivity index (χ4v) is 5.50. The molecule has 4 rings (SSSR count). The number of alkyl carbamates (subject to hydrolysis) is 1. The number of hydrogen-bond donors (Lipinski definition) is 3. The molecule has 2 amide bonds. The number of nitriles is 1. The first-order valence-electron chi connectivity index (χ1n) is 11.1. The number of amides is 2. The van der Waals surface area contributed by atoms with Crippen molar-refractivity contribution in [3.63, 3.8) is 0 Å². The highest BCUT2D eigenvalue weighted by Crippen LogP contribution is 2.38. The zero-order valence-corrected chi connectivity index (χ0v) is 18.9. The summed E-state index contributed by atoms with van der Waals surface area (Å²) in [7, 11) is 0. The van der Waals surface area contributed by atoms with Gasteiger partial charge in [0.2, 0.25) is 5.91 Å². The summed E-state index contributed by atoms with van der Waals surface area (Å²) >= 11 is 1.36. The van der Waals surface area contributed by atoms with E-state index in [1.165, 1.54) is 17.4 Å². The summed E-state index contributed by atoms with van der Waals surface area (Å²) in [6.45, 7) is 0. The Labute approximate surface area is 196 Å². The summed E-state index contributed by atoms with van der Waals surface area (Å²) in [6, 6.07) is 5.88. The van der Waals surface area contributed by atoms with Gasteiger partial charge in [-0.05, 0) is 61.8 Å². The number of anilines is 1. The number of aromatic nitrogens is 1. The topological polar surface area (TPSA) is 124 Å². The molecule has 0 radical (unpaired) electrons. The van der Waals surface area contributed by atoms with Crippen LogP contribution in [0, 0.1) is 11.3 Å². The molecule has 3 N–H and O–H groups in total. The molecule has 172 valence electrons. The molecule has 33 heavy (non-hydrogen) atoms. The van der Waals surface area contributed by atoms with Crippen LogP contribution in [0.2, 0.25) is 0 Å². The first-order chi connectivity index (χ1) is 16.0. The monoisotopic (exact) mass is 466 g/mol. The van der Waals surface area contributed by atoms with Gasteiger partial charge in [-0.1, -0.05) is 6.07 Å². The van der Waals surface area contributed by atoms with E-state index in [1.54, 1.807) is 24.5 Å². The molecule has 2 aliphatic carbocycles. The van der Waals surface area contributed by atoms with Crippen LogP contribution in [0.25, 0.3) is 6.08 Å². The number of carbonyl (C=O) groups is 2. The molecule has 2 aliphatic rings. The van der Waals surface area contributed by atoms with Crippen molar-refractivity contribution < 1.29 is 19.4 Å². The van der Waals surface area contributed by atoms with Crippen molar-refractivity contribution in [1.29, 1.82) is 5.26 Å². The van der Waals surface area contributed by atoms with Crippen molar-refractivity contribution in [3.05, 3.63) is 52.2 Å². The van der Waals surface area contributed by atoms with Gasteiger partial charge in [0.25, 0.3) is 0 Å². The van der Waals surface area contributed by atoms with Crippen LogP contribution in [0.4, 0.5) is 9.80 Å². The van der Waals surface area contributed by atoms with Crippen LogP contribution in [0.15, 0.2) is 30.6 Å². The van der Waals surface area contributed by atoms with E-state index in [1.807, 2.05) is 6.07 Å². The third kappa shape index (κ3) is 5.97. The van der Waals surface area contributed by atoms with Gasteiger partial charge in [-0.2, -0.15) is 5.26 Å². The summed E-state index contributed by atoms with van der Waals surface area (Å²) in [5.41, 5.74) is 2.22. The van der Waals surface area contributed by atoms with Crippen molar-refractivity contribution in [1.82, 2.24) is 10.3 Å². The molecule has 1 unspecified atom stereocenters. The SMILES string of the molecule is N#Cc1c(NC(=O)C=Cc2cccnc2)sc2c1CCC(OC(=O)N[C@H]1CC[C@@H](O)CC1)C2. The van der Waals surface area contributed by atoms with Gasteiger partial charge in [-0.15, -0.1) is 11.3 Å². The molecule has 1 saturated carbocycles.